The molecule has 0 bridgehead atoms. The van der Waals surface area contributed by atoms with Crippen LogP contribution in [0.4, 0.5) is 0 Å². The molecule has 2 nitrogen and oxygen atoms in total. The molecule has 0 heterocycles. The van der Waals surface area contributed by atoms with Crippen molar-refractivity contribution in [2.24, 2.45) is 5.41 Å². The zero-order chi connectivity index (χ0) is 14.1. The summed E-state index contributed by atoms with van der Waals surface area (Å²) < 4.78 is 21.8. The second-order valence-electron chi connectivity index (χ2n) is 6.77. The van der Waals surface area contributed by atoms with Crippen LogP contribution in [0.2, 0.25) is 0 Å². The molecular weight excluding hydrogens is 244 g/mol. The molecule has 0 aromatic rings. The Kier molecular flexibility index (Phi) is 8.93. The topological polar surface area (TPSA) is 34.1 Å². The highest BCUT2D eigenvalue weighted by molar-refractivity contribution is 7.90. The third-order valence-electron chi connectivity index (χ3n) is 3.19. The second-order valence-corrected chi connectivity index (χ2v) is 9.03. The van der Waals surface area contributed by atoms with E-state index in [9.17, 15) is 8.42 Å². The molecule has 0 aromatic carbocycles. The highest BCUT2D eigenvalue weighted by atomic mass is 32.2. The zero-order valence-electron chi connectivity index (χ0n) is 12.8. The Bertz CT molecular complexity index is 286. The molecule has 0 aromatic heterocycles. The van der Waals surface area contributed by atoms with Crippen molar-refractivity contribution in [3.05, 3.63) is 0 Å². The molecule has 0 radical (unpaired) electrons. The minimum absolute atomic E-state index is 0.360. The van der Waals surface area contributed by atoms with Crippen LogP contribution in [0.25, 0.3) is 0 Å². The minimum atomic E-state index is -2.74. The first-order valence-corrected chi connectivity index (χ1v) is 9.44. The molecule has 18 heavy (non-hydrogen) atoms. The quantitative estimate of drug-likeness (QED) is 0.547. The molecule has 3 heteroatoms. The van der Waals surface area contributed by atoms with E-state index >= 15 is 0 Å². The Labute approximate surface area is 114 Å². The second kappa shape index (κ2) is 8.95. The van der Waals surface area contributed by atoms with Crippen LogP contribution in [0.15, 0.2) is 0 Å². The van der Waals surface area contributed by atoms with Gasteiger partial charge in [-0.1, -0.05) is 65.7 Å². The van der Waals surface area contributed by atoms with Crippen LogP contribution in [0.1, 0.15) is 78.6 Å². The van der Waals surface area contributed by atoms with Crippen molar-refractivity contribution in [1.29, 1.82) is 0 Å². The van der Waals surface area contributed by atoms with E-state index in [1.807, 2.05) is 0 Å². The molecule has 0 aliphatic rings. The number of hydrogen-bond acceptors (Lipinski definition) is 2. The van der Waals surface area contributed by atoms with Crippen molar-refractivity contribution in [2.45, 2.75) is 78.6 Å². The Balaban J connectivity index is 3.17. The molecule has 0 unspecified atom stereocenters. The van der Waals surface area contributed by atoms with E-state index in [-0.39, 0.29) is 0 Å². The first-order chi connectivity index (χ1) is 8.21. The lowest BCUT2D eigenvalue weighted by Gasteiger charge is -2.17. The molecule has 0 atom stereocenters. The Morgan fingerprint density at radius 3 is 1.50 bits per heavy atom. The van der Waals surface area contributed by atoms with Gasteiger partial charge in [0.2, 0.25) is 0 Å². The van der Waals surface area contributed by atoms with Gasteiger partial charge in [0.15, 0.2) is 0 Å². The van der Waals surface area contributed by atoms with E-state index in [4.69, 9.17) is 0 Å². The van der Waals surface area contributed by atoms with E-state index in [1.165, 1.54) is 51.2 Å². The van der Waals surface area contributed by atoms with Gasteiger partial charge in [-0.2, -0.15) is 0 Å². The normalized spacial score (nSPS) is 12.9. The van der Waals surface area contributed by atoms with Gasteiger partial charge in [0.1, 0.15) is 9.84 Å². The fourth-order valence-electron chi connectivity index (χ4n) is 2.08. The molecule has 0 N–H and O–H groups in total. The van der Waals surface area contributed by atoms with Crippen LogP contribution in [-0.4, -0.2) is 20.4 Å². The summed E-state index contributed by atoms with van der Waals surface area (Å²) in [5.41, 5.74) is 0.478. The molecule has 0 saturated carbocycles. The van der Waals surface area contributed by atoms with Gasteiger partial charge in [0.05, 0.1) is 0 Å². The predicted octanol–water partition coefficient (Wildman–Crippen LogP) is 4.59. The molecule has 0 aliphatic heterocycles. The lowest BCUT2D eigenvalue weighted by Crippen LogP contribution is -2.03. The maximum absolute atomic E-state index is 10.9. The van der Waals surface area contributed by atoms with Crippen molar-refractivity contribution in [3.63, 3.8) is 0 Å². The molecule has 0 rings (SSSR count). The standard InChI is InChI=1S/C15H32O2S/c1-15(2,3)13-11-9-7-5-6-8-10-12-14-18(4,16)17/h5-14H2,1-4H3. The summed E-state index contributed by atoms with van der Waals surface area (Å²) >= 11 is 0. The van der Waals surface area contributed by atoms with Gasteiger partial charge in [-0.15, -0.1) is 0 Å². The highest BCUT2D eigenvalue weighted by Crippen LogP contribution is 2.22. The lowest BCUT2D eigenvalue weighted by atomic mass is 9.89. The SMILES string of the molecule is CC(C)(C)CCCCCCCCCCS(C)(=O)=O. The molecule has 0 spiro atoms. The molecule has 110 valence electrons. The van der Waals surface area contributed by atoms with Crippen molar-refractivity contribution in [3.8, 4) is 0 Å². The molecular formula is C15H32O2S. The molecule has 0 amide bonds. The Morgan fingerprint density at radius 1 is 0.722 bits per heavy atom. The van der Waals surface area contributed by atoms with Crippen molar-refractivity contribution in [2.75, 3.05) is 12.0 Å². The van der Waals surface area contributed by atoms with Crippen LogP contribution in [0.5, 0.6) is 0 Å². The van der Waals surface area contributed by atoms with Gasteiger partial charge in [-0.05, 0) is 18.3 Å². The van der Waals surface area contributed by atoms with E-state index in [2.05, 4.69) is 20.8 Å². The third-order valence-corrected chi connectivity index (χ3v) is 4.22. The lowest BCUT2D eigenvalue weighted by molar-refractivity contribution is 0.356. The van der Waals surface area contributed by atoms with Gasteiger partial charge in [-0.3, -0.25) is 0 Å². The predicted molar refractivity (Wildman–Crippen MR) is 80.7 cm³/mol. The van der Waals surface area contributed by atoms with Crippen molar-refractivity contribution >= 4 is 9.84 Å². The van der Waals surface area contributed by atoms with E-state index in [1.54, 1.807) is 0 Å². The summed E-state index contributed by atoms with van der Waals surface area (Å²) in [5, 5.41) is 0. The van der Waals surface area contributed by atoms with Gasteiger partial charge in [0, 0.05) is 12.0 Å². The Hall–Kier alpha value is -0.0500. The summed E-state index contributed by atoms with van der Waals surface area (Å²) in [6, 6.07) is 0. The summed E-state index contributed by atoms with van der Waals surface area (Å²) in [6.07, 6.45) is 12.3. The van der Waals surface area contributed by atoms with Crippen LogP contribution in [0.3, 0.4) is 0 Å². The largest absolute Gasteiger partial charge is 0.229 e. The van der Waals surface area contributed by atoms with E-state index < -0.39 is 9.84 Å². The maximum Gasteiger partial charge on any atom is 0.147 e. The number of unbranched alkanes of at least 4 members (excludes halogenated alkanes) is 7. The first kappa shape index (κ1) is 17.9. The van der Waals surface area contributed by atoms with Gasteiger partial charge < -0.3 is 0 Å². The molecule has 0 aliphatic carbocycles. The first-order valence-electron chi connectivity index (χ1n) is 7.38. The van der Waals surface area contributed by atoms with Crippen molar-refractivity contribution < 1.29 is 8.42 Å². The third kappa shape index (κ3) is 16.0. The fourth-order valence-corrected chi connectivity index (χ4v) is 2.81. The average molecular weight is 276 g/mol. The zero-order valence-corrected chi connectivity index (χ0v) is 13.6. The maximum atomic E-state index is 10.9. The summed E-state index contributed by atoms with van der Waals surface area (Å²) in [4.78, 5) is 0. The van der Waals surface area contributed by atoms with Gasteiger partial charge in [0.25, 0.3) is 0 Å². The smallest absolute Gasteiger partial charge is 0.147 e. The summed E-state index contributed by atoms with van der Waals surface area (Å²) in [5.74, 6) is 0.360. The van der Waals surface area contributed by atoms with Crippen LogP contribution in [-0.2, 0) is 9.84 Å². The molecule has 0 saturated heterocycles. The highest BCUT2D eigenvalue weighted by Gasteiger charge is 2.08. The van der Waals surface area contributed by atoms with Gasteiger partial charge >= 0.3 is 0 Å². The monoisotopic (exact) mass is 276 g/mol. The minimum Gasteiger partial charge on any atom is -0.229 e. The summed E-state index contributed by atoms with van der Waals surface area (Å²) in [6.45, 7) is 6.90. The fraction of sp³-hybridized carbons (Fsp3) is 1.00. The van der Waals surface area contributed by atoms with E-state index in [0.29, 0.717) is 11.2 Å². The van der Waals surface area contributed by atoms with Crippen LogP contribution < -0.4 is 0 Å². The van der Waals surface area contributed by atoms with Crippen LogP contribution >= 0.6 is 0 Å². The van der Waals surface area contributed by atoms with Crippen LogP contribution in [0, 0.1) is 5.41 Å². The average Bonchev–Trinajstić information content (AvgIpc) is 2.17. The number of rotatable bonds is 10. The van der Waals surface area contributed by atoms with Gasteiger partial charge in [-0.25, -0.2) is 8.42 Å². The van der Waals surface area contributed by atoms with E-state index in [0.717, 1.165) is 12.8 Å². The number of hydrogen-bond donors (Lipinski definition) is 0. The Morgan fingerprint density at radius 2 is 1.11 bits per heavy atom. The number of sulfone groups is 1. The van der Waals surface area contributed by atoms with Crippen molar-refractivity contribution in [1.82, 2.24) is 0 Å². The summed E-state index contributed by atoms with van der Waals surface area (Å²) in [7, 11) is -2.74. The molecule has 0 fully saturated rings.